The van der Waals surface area contributed by atoms with Crippen LogP contribution in [0.5, 0.6) is 17.2 Å². The Morgan fingerprint density at radius 3 is 2.59 bits per heavy atom. The second kappa shape index (κ2) is 9.28. The number of hydrogen-bond donors (Lipinski definition) is 2. The summed E-state index contributed by atoms with van der Waals surface area (Å²) < 4.78 is 16.2. The monoisotopic (exact) mass is 439 g/mol. The highest BCUT2D eigenvalue weighted by atomic mass is 16.5. The van der Waals surface area contributed by atoms with Crippen molar-refractivity contribution in [3.8, 4) is 17.2 Å². The third kappa shape index (κ3) is 4.21. The van der Waals surface area contributed by atoms with Gasteiger partial charge < -0.3 is 29.7 Å². The molecule has 2 N–H and O–H groups in total. The Balaban J connectivity index is 1.47. The fourth-order valence-electron chi connectivity index (χ4n) is 5.45. The molecule has 0 spiro atoms. The molecule has 0 aromatic heterocycles. The average Bonchev–Trinajstić information content (AvgIpc) is 3.15. The minimum atomic E-state index is -0.178. The van der Waals surface area contributed by atoms with Crippen molar-refractivity contribution in [3.05, 3.63) is 48.0 Å². The van der Waals surface area contributed by atoms with Crippen LogP contribution < -0.4 is 24.8 Å². The summed E-state index contributed by atoms with van der Waals surface area (Å²) in [5.41, 5.74) is 2.08. The van der Waals surface area contributed by atoms with E-state index >= 15 is 0 Å². The molecule has 0 unspecified atom stereocenters. The summed E-state index contributed by atoms with van der Waals surface area (Å²) in [6.45, 7) is 1.04. The van der Waals surface area contributed by atoms with Crippen LogP contribution in [0.3, 0.4) is 0 Å². The first-order chi connectivity index (χ1) is 15.5. The molecule has 2 aromatic carbocycles. The lowest BCUT2D eigenvalue weighted by molar-refractivity contribution is 0.156. The van der Waals surface area contributed by atoms with Gasteiger partial charge >= 0.3 is 6.03 Å². The van der Waals surface area contributed by atoms with Crippen molar-refractivity contribution in [2.45, 2.75) is 43.2 Å². The number of methoxy groups -OCH3 is 3. The number of nitrogens with zero attached hydrogens (tertiary/aromatic N) is 1. The predicted molar refractivity (Wildman–Crippen MR) is 125 cm³/mol. The quantitative estimate of drug-likeness (QED) is 0.711. The normalized spacial score (nSPS) is 25.0. The molecule has 4 rings (SSSR count). The van der Waals surface area contributed by atoms with E-state index in [9.17, 15) is 4.79 Å². The number of nitrogens with one attached hydrogen (secondary N) is 2. The van der Waals surface area contributed by atoms with Gasteiger partial charge in [-0.1, -0.05) is 12.1 Å². The fraction of sp³-hybridized carbons (Fsp3) is 0.480. The van der Waals surface area contributed by atoms with E-state index in [0.717, 1.165) is 49.4 Å². The molecule has 1 aliphatic heterocycles. The van der Waals surface area contributed by atoms with Crippen molar-refractivity contribution in [2.75, 3.05) is 40.2 Å². The van der Waals surface area contributed by atoms with E-state index in [1.807, 2.05) is 30.3 Å². The van der Waals surface area contributed by atoms with Gasteiger partial charge in [0.2, 0.25) is 0 Å². The lowest BCUT2D eigenvalue weighted by Gasteiger charge is -2.45. The molecule has 1 saturated heterocycles. The standard InChI is InChI=1S/C25H33N3O4/c1-28-13-12-25(17-8-9-21(31-3)22(14-17)32-4)11-10-19(16-23(25)28)27-24(29)26-18-6-5-7-20(15-18)30-2/h5-9,14-15,19,23H,10-13,16H2,1-4H3,(H2,26,27,29)/t19-,23+,25+/m1/s1. The second-order valence-electron chi connectivity index (χ2n) is 8.77. The Morgan fingerprint density at radius 1 is 1.03 bits per heavy atom. The van der Waals surface area contributed by atoms with Crippen LogP contribution in [0.2, 0.25) is 0 Å². The first-order valence-corrected chi connectivity index (χ1v) is 11.1. The molecular formula is C25H33N3O4. The van der Waals surface area contributed by atoms with Crippen LogP contribution in [-0.2, 0) is 5.41 Å². The number of hydrogen-bond acceptors (Lipinski definition) is 5. The van der Waals surface area contributed by atoms with Gasteiger partial charge in [0.05, 0.1) is 21.3 Å². The molecule has 3 atom stereocenters. The first-order valence-electron chi connectivity index (χ1n) is 11.1. The zero-order chi connectivity index (χ0) is 22.7. The Hall–Kier alpha value is -2.93. The van der Waals surface area contributed by atoms with Crippen LogP contribution in [0.4, 0.5) is 10.5 Å². The number of fused-ring (bicyclic) bond motifs is 1. The second-order valence-corrected chi connectivity index (χ2v) is 8.77. The van der Waals surface area contributed by atoms with Crippen LogP contribution in [0.25, 0.3) is 0 Å². The van der Waals surface area contributed by atoms with Crippen molar-refractivity contribution in [1.82, 2.24) is 10.2 Å². The molecule has 2 aliphatic rings. The van der Waals surface area contributed by atoms with E-state index in [1.54, 1.807) is 21.3 Å². The predicted octanol–water partition coefficient (Wildman–Crippen LogP) is 4.03. The highest BCUT2D eigenvalue weighted by Crippen LogP contribution is 2.49. The molecule has 1 heterocycles. The van der Waals surface area contributed by atoms with E-state index in [-0.39, 0.29) is 17.5 Å². The van der Waals surface area contributed by atoms with Crippen LogP contribution in [-0.4, -0.2) is 57.9 Å². The molecular weight excluding hydrogens is 406 g/mol. The average molecular weight is 440 g/mol. The molecule has 2 aromatic rings. The van der Waals surface area contributed by atoms with Gasteiger partial charge in [-0.05, 0) is 69.1 Å². The minimum Gasteiger partial charge on any atom is -0.497 e. The van der Waals surface area contributed by atoms with Crippen molar-refractivity contribution < 1.29 is 19.0 Å². The maximum absolute atomic E-state index is 12.7. The van der Waals surface area contributed by atoms with Gasteiger partial charge in [0.1, 0.15) is 5.75 Å². The number of ether oxygens (including phenoxy) is 3. The summed E-state index contributed by atoms with van der Waals surface area (Å²) in [6, 6.07) is 14.0. The number of amides is 2. The van der Waals surface area contributed by atoms with Gasteiger partial charge in [0.25, 0.3) is 0 Å². The third-order valence-electron chi connectivity index (χ3n) is 7.15. The topological polar surface area (TPSA) is 72.1 Å². The van der Waals surface area contributed by atoms with E-state index in [1.165, 1.54) is 5.56 Å². The number of likely N-dealkylation sites (tertiary alicyclic amines) is 1. The SMILES string of the molecule is COc1cccc(NC(=O)N[C@@H]2CC[C@@]3(c4ccc(OC)c(OC)c4)CCN(C)[C@H]3C2)c1. The zero-order valence-electron chi connectivity index (χ0n) is 19.3. The summed E-state index contributed by atoms with van der Waals surface area (Å²) in [7, 11) is 7.14. The highest BCUT2D eigenvalue weighted by Gasteiger charge is 2.50. The van der Waals surface area contributed by atoms with Gasteiger partial charge in [-0.3, -0.25) is 0 Å². The fourth-order valence-corrected chi connectivity index (χ4v) is 5.45. The number of carbonyl (C=O) groups excluding carboxylic acids is 1. The molecule has 0 bridgehead atoms. The summed E-state index contributed by atoms with van der Waals surface area (Å²) >= 11 is 0. The van der Waals surface area contributed by atoms with Crippen molar-refractivity contribution in [3.63, 3.8) is 0 Å². The van der Waals surface area contributed by atoms with Gasteiger partial charge in [-0.25, -0.2) is 4.79 Å². The van der Waals surface area contributed by atoms with E-state index in [0.29, 0.717) is 11.8 Å². The van der Waals surface area contributed by atoms with E-state index < -0.39 is 0 Å². The molecule has 7 nitrogen and oxygen atoms in total. The van der Waals surface area contributed by atoms with Crippen LogP contribution in [0.1, 0.15) is 31.2 Å². The van der Waals surface area contributed by atoms with Crippen LogP contribution in [0.15, 0.2) is 42.5 Å². The number of benzene rings is 2. The molecule has 7 heteroatoms. The highest BCUT2D eigenvalue weighted by molar-refractivity contribution is 5.89. The number of urea groups is 1. The lowest BCUT2D eigenvalue weighted by atomic mass is 9.65. The zero-order valence-corrected chi connectivity index (χ0v) is 19.3. The number of likely N-dealkylation sites (N-methyl/N-ethyl adjacent to an activating group) is 1. The summed E-state index contributed by atoms with van der Waals surface area (Å²) in [5, 5.41) is 6.11. The minimum absolute atomic E-state index is 0.0652. The maximum Gasteiger partial charge on any atom is 0.319 e. The largest absolute Gasteiger partial charge is 0.497 e. The molecule has 1 saturated carbocycles. The van der Waals surface area contributed by atoms with E-state index in [4.69, 9.17) is 14.2 Å². The lowest BCUT2D eigenvalue weighted by Crippen LogP contribution is -2.52. The Morgan fingerprint density at radius 2 is 1.84 bits per heavy atom. The van der Waals surface area contributed by atoms with E-state index in [2.05, 4.69) is 34.7 Å². The Bertz CT molecular complexity index is 966. The summed E-state index contributed by atoms with van der Waals surface area (Å²) in [6.07, 6.45) is 3.97. The van der Waals surface area contributed by atoms with Crippen LogP contribution >= 0.6 is 0 Å². The first kappa shape index (κ1) is 22.3. The molecule has 32 heavy (non-hydrogen) atoms. The molecule has 2 fully saturated rings. The van der Waals surface area contributed by atoms with Gasteiger partial charge in [0, 0.05) is 29.3 Å². The molecule has 2 amide bonds. The van der Waals surface area contributed by atoms with Crippen molar-refractivity contribution in [2.24, 2.45) is 0 Å². The summed E-state index contributed by atoms with van der Waals surface area (Å²) in [4.78, 5) is 15.1. The Labute approximate surface area is 190 Å². The van der Waals surface area contributed by atoms with Gasteiger partial charge in [0.15, 0.2) is 11.5 Å². The number of rotatable bonds is 6. The van der Waals surface area contributed by atoms with Crippen molar-refractivity contribution >= 4 is 11.7 Å². The van der Waals surface area contributed by atoms with Crippen LogP contribution in [0, 0.1) is 0 Å². The molecule has 172 valence electrons. The number of anilines is 1. The van der Waals surface area contributed by atoms with Crippen molar-refractivity contribution in [1.29, 1.82) is 0 Å². The van der Waals surface area contributed by atoms with Gasteiger partial charge in [-0.15, -0.1) is 0 Å². The summed E-state index contributed by atoms with van der Waals surface area (Å²) in [5.74, 6) is 2.23. The smallest absolute Gasteiger partial charge is 0.319 e. The molecule has 1 aliphatic carbocycles. The Kier molecular flexibility index (Phi) is 6.46. The molecule has 0 radical (unpaired) electrons. The number of carbonyl (C=O) groups is 1. The van der Waals surface area contributed by atoms with Gasteiger partial charge in [-0.2, -0.15) is 0 Å². The third-order valence-corrected chi connectivity index (χ3v) is 7.15. The maximum atomic E-state index is 12.7.